The molecule has 2 aromatic carbocycles. The van der Waals surface area contributed by atoms with E-state index in [-0.39, 0.29) is 0 Å². The maximum atomic E-state index is 13.5. The summed E-state index contributed by atoms with van der Waals surface area (Å²) in [6.45, 7) is 0. The highest BCUT2D eigenvalue weighted by Gasteiger charge is 2.23. The lowest BCUT2D eigenvalue weighted by atomic mass is 10.0. The van der Waals surface area contributed by atoms with E-state index in [0.29, 0.717) is 16.6 Å². The molecule has 0 heterocycles. The Labute approximate surface area is 114 Å². The molecule has 19 heavy (non-hydrogen) atoms. The van der Waals surface area contributed by atoms with Gasteiger partial charge >= 0.3 is 0 Å². The van der Waals surface area contributed by atoms with Crippen molar-refractivity contribution in [3.05, 3.63) is 69.2 Å². The number of rotatable bonds is 2. The summed E-state index contributed by atoms with van der Waals surface area (Å²) in [6.07, 6.45) is 0. The maximum absolute atomic E-state index is 13.5. The number of hydrogen-bond acceptors (Lipinski definition) is 1. The Morgan fingerprint density at radius 1 is 0.895 bits per heavy atom. The van der Waals surface area contributed by atoms with Crippen LogP contribution in [0.4, 0.5) is 17.6 Å². The van der Waals surface area contributed by atoms with Crippen molar-refractivity contribution in [2.75, 3.05) is 0 Å². The van der Waals surface area contributed by atoms with Gasteiger partial charge in [0.15, 0.2) is 0 Å². The average molecular weight is 333 g/mol. The summed E-state index contributed by atoms with van der Waals surface area (Å²) in [5.74, 6) is -6.00. The summed E-state index contributed by atoms with van der Waals surface area (Å²) in [5, 5.41) is 0. The molecule has 0 aliphatic carbocycles. The molecule has 0 aromatic heterocycles. The van der Waals surface area contributed by atoms with Crippen molar-refractivity contribution in [3.8, 4) is 0 Å². The summed E-state index contributed by atoms with van der Waals surface area (Å²) < 4.78 is 53.5. The Morgan fingerprint density at radius 3 is 2.05 bits per heavy atom. The van der Waals surface area contributed by atoms with Gasteiger partial charge in [0.2, 0.25) is 5.78 Å². The minimum absolute atomic E-state index is 0.367. The van der Waals surface area contributed by atoms with Crippen LogP contribution in [0, 0.1) is 23.3 Å². The van der Waals surface area contributed by atoms with Gasteiger partial charge in [-0.05, 0) is 18.2 Å². The van der Waals surface area contributed by atoms with Crippen LogP contribution in [-0.4, -0.2) is 5.78 Å². The minimum Gasteiger partial charge on any atom is -0.288 e. The first-order valence-electron chi connectivity index (χ1n) is 5.04. The van der Waals surface area contributed by atoms with E-state index in [4.69, 9.17) is 0 Å². The number of halogens is 5. The van der Waals surface area contributed by atoms with Gasteiger partial charge in [0.25, 0.3) is 0 Å². The van der Waals surface area contributed by atoms with Crippen LogP contribution in [0.25, 0.3) is 0 Å². The molecule has 0 aliphatic rings. The molecular formula is C13H5BrF4O. The van der Waals surface area contributed by atoms with Crippen molar-refractivity contribution < 1.29 is 22.4 Å². The van der Waals surface area contributed by atoms with Crippen LogP contribution in [0.15, 0.2) is 34.8 Å². The van der Waals surface area contributed by atoms with Gasteiger partial charge in [-0.25, -0.2) is 17.6 Å². The van der Waals surface area contributed by atoms with E-state index in [1.54, 1.807) is 0 Å². The molecule has 0 fully saturated rings. The highest BCUT2D eigenvalue weighted by molar-refractivity contribution is 9.10. The fourth-order valence-electron chi connectivity index (χ4n) is 1.57. The van der Waals surface area contributed by atoms with Gasteiger partial charge in [-0.15, -0.1) is 0 Å². The van der Waals surface area contributed by atoms with Gasteiger partial charge in [-0.3, -0.25) is 4.79 Å². The Hall–Kier alpha value is -1.69. The van der Waals surface area contributed by atoms with Crippen molar-refractivity contribution >= 4 is 21.7 Å². The molecule has 6 heteroatoms. The van der Waals surface area contributed by atoms with Crippen LogP contribution in [0.2, 0.25) is 0 Å². The number of hydrogen-bond donors (Lipinski definition) is 0. The smallest absolute Gasteiger partial charge is 0.201 e. The molecular weight excluding hydrogens is 328 g/mol. The summed E-state index contributed by atoms with van der Waals surface area (Å²) in [4.78, 5) is 11.9. The molecule has 0 radical (unpaired) electrons. The van der Waals surface area contributed by atoms with E-state index in [1.807, 2.05) is 0 Å². The predicted molar refractivity (Wildman–Crippen MR) is 63.8 cm³/mol. The SMILES string of the molecule is O=C(c1cc(Br)ccc1F)c1c(F)cc(F)cc1F. The van der Waals surface area contributed by atoms with Gasteiger partial charge in [-0.2, -0.15) is 0 Å². The molecule has 0 N–H and O–H groups in total. The summed E-state index contributed by atoms with van der Waals surface area (Å²) in [7, 11) is 0. The largest absolute Gasteiger partial charge is 0.288 e. The minimum atomic E-state index is -1.37. The highest BCUT2D eigenvalue weighted by Crippen LogP contribution is 2.22. The number of carbonyl (C=O) groups is 1. The van der Waals surface area contributed by atoms with E-state index in [9.17, 15) is 22.4 Å². The lowest BCUT2D eigenvalue weighted by Gasteiger charge is -2.06. The average Bonchev–Trinajstić information content (AvgIpc) is 2.30. The van der Waals surface area contributed by atoms with Crippen molar-refractivity contribution in [2.24, 2.45) is 0 Å². The van der Waals surface area contributed by atoms with Gasteiger partial charge in [0, 0.05) is 16.6 Å². The topological polar surface area (TPSA) is 17.1 Å². The Morgan fingerprint density at radius 2 is 1.47 bits per heavy atom. The maximum Gasteiger partial charge on any atom is 0.201 e. The summed E-state index contributed by atoms with van der Waals surface area (Å²) >= 11 is 3.02. The molecule has 0 atom stereocenters. The second-order valence-electron chi connectivity index (χ2n) is 3.70. The quantitative estimate of drug-likeness (QED) is 0.594. The molecule has 98 valence electrons. The molecule has 0 saturated heterocycles. The molecule has 0 bridgehead atoms. The first-order valence-corrected chi connectivity index (χ1v) is 5.83. The van der Waals surface area contributed by atoms with Crippen LogP contribution in [-0.2, 0) is 0 Å². The standard InChI is InChI=1S/C13H5BrF4O/c14-6-1-2-9(16)8(3-6)13(19)12-10(17)4-7(15)5-11(12)18/h1-5H. The lowest BCUT2D eigenvalue weighted by Crippen LogP contribution is -2.10. The van der Waals surface area contributed by atoms with Crippen molar-refractivity contribution in [1.29, 1.82) is 0 Å². The molecule has 1 nitrogen and oxygen atoms in total. The predicted octanol–water partition coefficient (Wildman–Crippen LogP) is 4.24. The molecule has 2 rings (SSSR count). The van der Waals surface area contributed by atoms with Gasteiger partial charge in [0.05, 0.1) is 11.1 Å². The number of ketones is 1. The molecule has 0 unspecified atom stereocenters. The number of benzene rings is 2. The lowest BCUT2D eigenvalue weighted by molar-refractivity contribution is 0.102. The first kappa shape index (κ1) is 13.7. The fourth-order valence-corrected chi connectivity index (χ4v) is 1.93. The Balaban J connectivity index is 2.59. The number of carbonyl (C=O) groups excluding carboxylic acids is 1. The van der Waals surface area contributed by atoms with Crippen LogP contribution in [0.3, 0.4) is 0 Å². The zero-order valence-corrected chi connectivity index (χ0v) is 10.8. The molecule has 2 aromatic rings. The van der Waals surface area contributed by atoms with Gasteiger partial charge in [0.1, 0.15) is 23.3 Å². The van der Waals surface area contributed by atoms with Crippen LogP contribution >= 0.6 is 15.9 Å². The van der Waals surface area contributed by atoms with Crippen molar-refractivity contribution in [1.82, 2.24) is 0 Å². The van der Waals surface area contributed by atoms with Gasteiger partial charge < -0.3 is 0 Å². The zero-order chi connectivity index (χ0) is 14.2. The first-order chi connectivity index (χ1) is 8.90. The van der Waals surface area contributed by atoms with E-state index in [0.717, 1.165) is 12.1 Å². The molecule has 0 spiro atoms. The van der Waals surface area contributed by atoms with Crippen LogP contribution in [0.5, 0.6) is 0 Å². The molecule has 0 saturated carbocycles. The molecule has 0 amide bonds. The summed E-state index contributed by atoms with van der Waals surface area (Å²) in [5.41, 5.74) is -1.49. The van der Waals surface area contributed by atoms with E-state index in [2.05, 4.69) is 15.9 Å². The van der Waals surface area contributed by atoms with Crippen LogP contribution in [0.1, 0.15) is 15.9 Å². The molecule has 0 aliphatic heterocycles. The van der Waals surface area contributed by atoms with Crippen molar-refractivity contribution in [2.45, 2.75) is 0 Å². The third-order valence-corrected chi connectivity index (χ3v) is 2.90. The second kappa shape index (κ2) is 5.13. The summed E-state index contributed by atoms with van der Waals surface area (Å²) in [6, 6.07) is 4.15. The van der Waals surface area contributed by atoms with Gasteiger partial charge in [-0.1, -0.05) is 15.9 Å². The Bertz CT molecular complexity index is 647. The normalized spacial score (nSPS) is 10.6. The zero-order valence-electron chi connectivity index (χ0n) is 9.18. The monoisotopic (exact) mass is 332 g/mol. The van der Waals surface area contributed by atoms with E-state index < -0.39 is 40.2 Å². The van der Waals surface area contributed by atoms with Crippen LogP contribution < -0.4 is 0 Å². The second-order valence-corrected chi connectivity index (χ2v) is 4.61. The highest BCUT2D eigenvalue weighted by atomic mass is 79.9. The Kier molecular flexibility index (Phi) is 3.71. The van der Waals surface area contributed by atoms with Crippen molar-refractivity contribution in [3.63, 3.8) is 0 Å². The van der Waals surface area contributed by atoms with E-state index >= 15 is 0 Å². The third kappa shape index (κ3) is 2.68. The third-order valence-electron chi connectivity index (χ3n) is 2.41. The van der Waals surface area contributed by atoms with E-state index in [1.165, 1.54) is 6.07 Å². The fraction of sp³-hybridized carbons (Fsp3) is 0.